The molecule has 144 valence electrons. The number of thiazole rings is 1. The number of benzene rings is 1. The first-order valence-corrected chi connectivity index (χ1v) is 9.45. The van der Waals surface area contributed by atoms with E-state index >= 15 is 0 Å². The van der Waals surface area contributed by atoms with Gasteiger partial charge in [-0.2, -0.15) is 10.1 Å². The van der Waals surface area contributed by atoms with E-state index in [9.17, 15) is 9.59 Å². The third-order valence-corrected chi connectivity index (χ3v) is 5.31. The molecule has 0 bridgehead atoms. The number of anilines is 1. The van der Waals surface area contributed by atoms with Crippen molar-refractivity contribution in [3.63, 3.8) is 0 Å². The van der Waals surface area contributed by atoms with Gasteiger partial charge in [0.2, 0.25) is 11.9 Å². The van der Waals surface area contributed by atoms with Gasteiger partial charge in [-0.1, -0.05) is 17.4 Å². The second-order valence-corrected chi connectivity index (χ2v) is 7.08. The molecule has 8 nitrogen and oxygen atoms in total. The van der Waals surface area contributed by atoms with Gasteiger partial charge in [0.1, 0.15) is 4.88 Å². The van der Waals surface area contributed by atoms with Gasteiger partial charge in [-0.25, -0.2) is 9.78 Å². The van der Waals surface area contributed by atoms with Crippen LogP contribution in [0, 0.1) is 6.92 Å². The van der Waals surface area contributed by atoms with E-state index in [0.29, 0.717) is 38.5 Å². The van der Waals surface area contributed by atoms with Crippen molar-refractivity contribution in [3.05, 3.63) is 39.9 Å². The molecule has 2 aromatic rings. The van der Waals surface area contributed by atoms with E-state index in [0.717, 1.165) is 16.9 Å². The van der Waals surface area contributed by atoms with Crippen molar-refractivity contribution in [2.45, 2.75) is 20.8 Å². The lowest BCUT2D eigenvalue weighted by Crippen LogP contribution is -2.21. The number of amides is 1. The molecule has 1 amide bonds. The Balaban J connectivity index is 1.62. The van der Waals surface area contributed by atoms with Crippen molar-refractivity contribution in [1.29, 1.82) is 0 Å². The molecule has 0 atom stereocenters. The first kappa shape index (κ1) is 18.2. The highest BCUT2D eigenvalue weighted by molar-refractivity contribution is 7.17. The van der Waals surface area contributed by atoms with Crippen LogP contribution >= 0.6 is 11.3 Å². The summed E-state index contributed by atoms with van der Waals surface area (Å²) in [5.41, 5.74) is 2.32. The fourth-order valence-corrected chi connectivity index (χ4v) is 3.75. The van der Waals surface area contributed by atoms with Crippen LogP contribution < -0.4 is 14.5 Å². The highest BCUT2D eigenvalue weighted by Gasteiger charge is 2.32. The summed E-state index contributed by atoms with van der Waals surface area (Å²) in [6, 6.07) is 5.45. The molecule has 0 spiro atoms. The molecule has 3 heterocycles. The Labute approximate surface area is 165 Å². The first-order chi connectivity index (χ1) is 13.5. The van der Waals surface area contributed by atoms with Gasteiger partial charge in [0.15, 0.2) is 11.5 Å². The smallest absolute Gasteiger partial charge is 0.350 e. The molecule has 1 aromatic heterocycles. The molecule has 0 fully saturated rings. The average molecular weight is 399 g/mol. The molecule has 4 rings (SSSR count). The molecule has 0 aliphatic carbocycles. The van der Waals surface area contributed by atoms with Crippen LogP contribution in [0.1, 0.15) is 34.8 Å². The number of esters is 1. The Morgan fingerprint density at radius 2 is 2.11 bits per heavy atom. The number of hydrogen-bond acceptors (Lipinski definition) is 8. The Kier molecular flexibility index (Phi) is 4.60. The Bertz CT molecular complexity index is 1040. The number of carbonyl (C=O) groups excluding carboxylic acids is 2. The van der Waals surface area contributed by atoms with E-state index in [1.807, 2.05) is 12.1 Å². The van der Waals surface area contributed by atoms with Crippen molar-refractivity contribution in [1.82, 2.24) is 4.98 Å². The summed E-state index contributed by atoms with van der Waals surface area (Å²) in [5.74, 6) is 0.559. The van der Waals surface area contributed by atoms with Crippen molar-refractivity contribution in [2.24, 2.45) is 5.10 Å². The molecule has 28 heavy (non-hydrogen) atoms. The van der Waals surface area contributed by atoms with Crippen molar-refractivity contribution in [2.75, 3.05) is 18.4 Å². The molecule has 1 aromatic carbocycles. The number of hydrogen-bond donors (Lipinski definition) is 0. The van der Waals surface area contributed by atoms with Gasteiger partial charge < -0.3 is 14.2 Å². The van der Waals surface area contributed by atoms with Gasteiger partial charge >= 0.3 is 5.97 Å². The minimum Gasteiger partial charge on any atom is -0.462 e. The first-order valence-electron chi connectivity index (χ1n) is 8.64. The van der Waals surface area contributed by atoms with Gasteiger partial charge in [-0.3, -0.25) is 4.79 Å². The number of aromatic nitrogens is 1. The van der Waals surface area contributed by atoms with E-state index in [1.165, 1.54) is 5.01 Å². The normalized spacial score (nSPS) is 16.7. The zero-order chi connectivity index (χ0) is 19.8. The third-order valence-electron chi connectivity index (χ3n) is 4.20. The number of hydrazone groups is 1. The standard InChI is InChI=1S/C19H17N3O5S/c1-4-25-18(24)16-11(3)20-19(28-16)22-17(23)13(10(2)21-22)7-12-5-6-14-15(8-12)27-9-26-14/h5-8H,4,9H2,1-3H3. The Hall–Kier alpha value is -3.20. The van der Waals surface area contributed by atoms with Crippen molar-refractivity contribution < 1.29 is 23.8 Å². The summed E-state index contributed by atoms with van der Waals surface area (Å²) in [6.45, 7) is 5.65. The topological polar surface area (TPSA) is 90.3 Å². The highest BCUT2D eigenvalue weighted by atomic mass is 32.1. The van der Waals surface area contributed by atoms with Crippen LogP contribution in [0.2, 0.25) is 0 Å². The second kappa shape index (κ2) is 7.08. The van der Waals surface area contributed by atoms with Crippen LogP contribution in [0.5, 0.6) is 11.5 Å². The van der Waals surface area contributed by atoms with Gasteiger partial charge in [-0.05, 0) is 44.5 Å². The average Bonchev–Trinajstić information content (AvgIpc) is 3.35. The van der Waals surface area contributed by atoms with Gasteiger partial charge in [0, 0.05) is 0 Å². The number of nitrogens with zero attached hydrogens (tertiary/aromatic N) is 3. The molecular weight excluding hydrogens is 382 g/mol. The zero-order valence-corrected chi connectivity index (χ0v) is 16.3. The summed E-state index contributed by atoms with van der Waals surface area (Å²) < 4.78 is 15.7. The van der Waals surface area contributed by atoms with Crippen LogP contribution in [-0.4, -0.2) is 36.0 Å². The van der Waals surface area contributed by atoms with E-state index < -0.39 is 5.97 Å². The van der Waals surface area contributed by atoms with E-state index in [-0.39, 0.29) is 19.3 Å². The minimum atomic E-state index is -0.452. The largest absolute Gasteiger partial charge is 0.462 e. The molecule has 9 heteroatoms. The lowest BCUT2D eigenvalue weighted by Gasteiger charge is -2.06. The molecule has 0 N–H and O–H groups in total. The highest BCUT2D eigenvalue weighted by Crippen LogP contribution is 2.34. The summed E-state index contributed by atoms with van der Waals surface area (Å²) >= 11 is 1.08. The summed E-state index contributed by atoms with van der Waals surface area (Å²) in [7, 11) is 0. The minimum absolute atomic E-state index is 0.189. The molecule has 2 aliphatic rings. The number of fused-ring (bicyclic) bond motifs is 1. The van der Waals surface area contributed by atoms with Crippen molar-refractivity contribution >= 4 is 40.1 Å². The molecule has 2 aliphatic heterocycles. The van der Waals surface area contributed by atoms with E-state index in [4.69, 9.17) is 14.2 Å². The number of rotatable bonds is 4. The molecule has 0 saturated carbocycles. The van der Waals surface area contributed by atoms with E-state index in [2.05, 4.69) is 10.1 Å². The maximum Gasteiger partial charge on any atom is 0.350 e. The summed E-state index contributed by atoms with van der Waals surface area (Å²) in [4.78, 5) is 29.6. The van der Waals surface area contributed by atoms with E-state index in [1.54, 1.807) is 32.9 Å². The van der Waals surface area contributed by atoms with Crippen molar-refractivity contribution in [3.8, 4) is 11.5 Å². The Morgan fingerprint density at radius 1 is 1.32 bits per heavy atom. The number of carbonyl (C=O) groups is 2. The quantitative estimate of drug-likeness (QED) is 0.579. The second-order valence-electron chi connectivity index (χ2n) is 6.10. The van der Waals surface area contributed by atoms with Gasteiger partial charge in [-0.15, -0.1) is 0 Å². The van der Waals surface area contributed by atoms with Crippen LogP contribution in [0.25, 0.3) is 6.08 Å². The zero-order valence-electron chi connectivity index (χ0n) is 15.5. The molecule has 0 unspecified atom stereocenters. The maximum atomic E-state index is 12.9. The maximum absolute atomic E-state index is 12.9. The molecular formula is C19H17N3O5S. The monoisotopic (exact) mass is 399 g/mol. The van der Waals surface area contributed by atoms with Crippen LogP contribution in [0.15, 0.2) is 28.9 Å². The van der Waals surface area contributed by atoms with Crippen LogP contribution in [-0.2, 0) is 9.53 Å². The fraction of sp³-hybridized carbons (Fsp3) is 0.263. The lowest BCUT2D eigenvalue weighted by molar-refractivity contribution is -0.114. The number of ether oxygens (including phenoxy) is 3. The predicted octanol–water partition coefficient (Wildman–Crippen LogP) is 3.16. The lowest BCUT2D eigenvalue weighted by atomic mass is 10.1. The molecule has 0 saturated heterocycles. The SMILES string of the molecule is CCOC(=O)c1sc(N2N=C(C)C(=Cc3ccc4c(c3)OCO4)C2=O)nc1C. The van der Waals surface area contributed by atoms with Gasteiger partial charge in [0.25, 0.3) is 5.91 Å². The number of aryl methyl sites for hydroxylation is 1. The Morgan fingerprint density at radius 3 is 2.89 bits per heavy atom. The van der Waals surface area contributed by atoms with Gasteiger partial charge in [0.05, 0.1) is 23.6 Å². The predicted molar refractivity (Wildman–Crippen MR) is 104 cm³/mol. The summed E-state index contributed by atoms with van der Waals surface area (Å²) in [6.07, 6.45) is 1.75. The third kappa shape index (κ3) is 3.13. The fourth-order valence-electron chi connectivity index (χ4n) is 2.84. The van der Waals surface area contributed by atoms with Crippen LogP contribution in [0.4, 0.5) is 5.13 Å². The van der Waals surface area contributed by atoms with Crippen LogP contribution in [0.3, 0.4) is 0 Å². The summed E-state index contributed by atoms with van der Waals surface area (Å²) in [5, 5.41) is 5.87. The molecule has 0 radical (unpaired) electrons.